The summed E-state index contributed by atoms with van der Waals surface area (Å²) in [6.45, 7) is 8.77. The minimum absolute atomic E-state index is 0.303. The third kappa shape index (κ3) is 5.12. The van der Waals surface area contributed by atoms with Gasteiger partial charge >= 0.3 is 7.60 Å². The van der Waals surface area contributed by atoms with Gasteiger partial charge in [0.1, 0.15) is 11.9 Å². The molecule has 0 spiro atoms. The SMILES string of the molecule is CCOP(=O)(OCC)[C@H](NCc1ccccc1)[C@H]1COC(C)(C)O1. The van der Waals surface area contributed by atoms with Crippen molar-refractivity contribution in [3.05, 3.63) is 35.9 Å². The van der Waals surface area contributed by atoms with E-state index in [1.54, 1.807) is 13.8 Å². The van der Waals surface area contributed by atoms with Crippen LogP contribution in [0.25, 0.3) is 0 Å². The lowest BCUT2D eigenvalue weighted by atomic mass is 10.2. The van der Waals surface area contributed by atoms with Crippen molar-refractivity contribution in [2.24, 2.45) is 0 Å². The molecule has 1 aromatic carbocycles. The van der Waals surface area contributed by atoms with Crippen LogP contribution in [0, 0.1) is 0 Å². The average molecular weight is 357 g/mol. The molecule has 6 nitrogen and oxygen atoms in total. The van der Waals surface area contributed by atoms with E-state index in [4.69, 9.17) is 18.5 Å². The van der Waals surface area contributed by atoms with E-state index in [0.29, 0.717) is 26.4 Å². The van der Waals surface area contributed by atoms with Crippen LogP contribution in [0.2, 0.25) is 0 Å². The molecule has 2 atom stereocenters. The lowest BCUT2D eigenvalue weighted by Gasteiger charge is -2.31. The van der Waals surface area contributed by atoms with Gasteiger partial charge < -0.3 is 18.5 Å². The Morgan fingerprint density at radius 1 is 1.25 bits per heavy atom. The maximum Gasteiger partial charge on any atom is 0.350 e. The van der Waals surface area contributed by atoms with Gasteiger partial charge in [0.25, 0.3) is 0 Å². The molecule has 1 aliphatic heterocycles. The highest BCUT2D eigenvalue weighted by Crippen LogP contribution is 2.54. The van der Waals surface area contributed by atoms with Gasteiger partial charge in [-0.15, -0.1) is 0 Å². The van der Waals surface area contributed by atoms with E-state index in [0.717, 1.165) is 5.56 Å². The van der Waals surface area contributed by atoms with Crippen LogP contribution in [0.15, 0.2) is 30.3 Å². The van der Waals surface area contributed by atoms with Gasteiger partial charge in [-0.05, 0) is 33.3 Å². The van der Waals surface area contributed by atoms with Gasteiger partial charge in [0, 0.05) is 6.54 Å². The predicted octanol–water partition coefficient (Wildman–Crippen LogP) is 3.52. The number of hydrogen-bond donors (Lipinski definition) is 1. The molecule has 0 aromatic heterocycles. The minimum Gasteiger partial charge on any atom is -0.348 e. The fourth-order valence-corrected chi connectivity index (χ4v) is 4.68. The van der Waals surface area contributed by atoms with E-state index < -0.39 is 25.3 Å². The molecule has 1 saturated heterocycles. The van der Waals surface area contributed by atoms with Crippen molar-refractivity contribution in [3.63, 3.8) is 0 Å². The highest BCUT2D eigenvalue weighted by Gasteiger charge is 2.47. The Bertz CT molecular complexity index is 541. The van der Waals surface area contributed by atoms with Crippen molar-refractivity contribution in [2.75, 3.05) is 19.8 Å². The molecule has 1 aromatic rings. The van der Waals surface area contributed by atoms with Crippen LogP contribution in [0.4, 0.5) is 0 Å². The van der Waals surface area contributed by atoms with Crippen LogP contribution < -0.4 is 5.32 Å². The van der Waals surface area contributed by atoms with E-state index in [-0.39, 0.29) is 0 Å². The van der Waals surface area contributed by atoms with Gasteiger partial charge in [0.15, 0.2) is 5.79 Å². The summed E-state index contributed by atoms with van der Waals surface area (Å²) >= 11 is 0. The number of ether oxygens (including phenoxy) is 2. The molecular weight excluding hydrogens is 329 g/mol. The van der Waals surface area contributed by atoms with E-state index >= 15 is 0 Å². The first kappa shape index (κ1) is 19.6. The highest BCUT2D eigenvalue weighted by atomic mass is 31.2. The van der Waals surface area contributed by atoms with Crippen LogP contribution in [-0.2, 0) is 29.6 Å². The third-order valence-electron chi connectivity index (χ3n) is 3.70. The van der Waals surface area contributed by atoms with E-state index in [1.807, 2.05) is 44.2 Å². The quantitative estimate of drug-likeness (QED) is 0.682. The van der Waals surface area contributed by atoms with E-state index in [2.05, 4.69) is 5.32 Å². The van der Waals surface area contributed by atoms with Crippen molar-refractivity contribution >= 4 is 7.60 Å². The molecule has 0 bridgehead atoms. The van der Waals surface area contributed by atoms with Gasteiger partial charge in [0.2, 0.25) is 0 Å². The molecule has 1 fully saturated rings. The lowest BCUT2D eigenvalue weighted by molar-refractivity contribution is -0.139. The van der Waals surface area contributed by atoms with Crippen LogP contribution in [0.3, 0.4) is 0 Å². The first-order valence-electron chi connectivity index (χ1n) is 8.38. The summed E-state index contributed by atoms with van der Waals surface area (Å²) in [5.74, 6) is -1.31. The molecular formula is C17H28NO5P. The Balaban J connectivity index is 2.18. The summed E-state index contributed by atoms with van der Waals surface area (Å²) in [7, 11) is -3.39. The minimum atomic E-state index is -3.39. The Kier molecular flexibility index (Phi) is 6.99. The lowest BCUT2D eigenvalue weighted by Crippen LogP contribution is -2.42. The Morgan fingerprint density at radius 2 is 1.88 bits per heavy atom. The number of hydrogen-bond acceptors (Lipinski definition) is 6. The molecule has 1 N–H and O–H groups in total. The summed E-state index contributed by atoms with van der Waals surface area (Å²) in [6, 6.07) is 9.91. The van der Waals surface area contributed by atoms with Gasteiger partial charge in [-0.2, -0.15) is 0 Å². The molecule has 0 radical (unpaired) electrons. The van der Waals surface area contributed by atoms with Gasteiger partial charge in [-0.25, -0.2) is 0 Å². The van der Waals surface area contributed by atoms with E-state index in [1.165, 1.54) is 0 Å². The molecule has 0 amide bonds. The van der Waals surface area contributed by atoms with Gasteiger partial charge in [-0.1, -0.05) is 30.3 Å². The molecule has 136 valence electrons. The summed E-state index contributed by atoms with van der Waals surface area (Å²) in [4.78, 5) is 0. The zero-order valence-electron chi connectivity index (χ0n) is 14.9. The van der Waals surface area contributed by atoms with Crippen molar-refractivity contribution < 1.29 is 23.1 Å². The molecule has 0 aliphatic carbocycles. The normalized spacial score (nSPS) is 21.8. The summed E-state index contributed by atoms with van der Waals surface area (Å²) in [5.41, 5.74) is 1.08. The maximum absolute atomic E-state index is 13.3. The molecule has 0 saturated carbocycles. The second-order valence-corrected chi connectivity index (χ2v) is 8.21. The Morgan fingerprint density at radius 3 is 2.38 bits per heavy atom. The summed E-state index contributed by atoms with van der Waals surface area (Å²) < 4.78 is 35.9. The molecule has 24 heavy (non-hydrogen) atoms. The third-order valence-corrected chi connectivity index (χ3v) is 6.13. The van der Waals surface area contributed by atoms with Gasteiger partial charge in [-0.3, -0.25) is 9.88 Å². The zero-order chi connectivity index (χ0) is 17.6. The monoisotopic (exact) mass is 357 g/mol. The smallest absolute Gasteiger partial charge is 0.348 e. The summed E-state index contributed by atoms with van der Waals surface area (Å²) in [5, 5.41) is 3.31. The Hall–Kier alpha value is -0.750. The van der Waals surface area contributed by atoms with Crippen molar-refractivity contribution in [2.45, 2.75) is 51.9 Å². The number of benzene rings is 1. The van der Waals surface area contributed by atoms with E-state index in [9.17, 15) is 4.57 Å². The molecule has 2 rings (SSSR count). The molecule has 0 unspecified atom stereocenters. The highest BCUT2D eigenvalue weighted by molar-refractivity contribution is 7.54. The van der Waals surface area contributed by atoms with Crippen molar-refractivity contribution in [1.82, 2.24) is 5.32 Å². The van der Waals surface area contributed by atoms with Crippen LogP contribution in [0.5, 0.6) is 0 Å². The first-order chi connectivity index (χ1) is 11.4. The maximum atomic E-state index is 13.3. The molecule has 7 heteroatoms. The van der Waals surface area contributed by atoms with Gasteiger partial charge in [0.05, 0.1) is 19.8 Å². The fraction of sp³-hybridized carbons (Fsp3) is 0.647. The van der Waals surface area contributed by atoms with Crippen LogP contribution in [-0.4, -0.2) is 37.5 Å². The van der Waals surface area contributed by atoms with Crippen molar-refractivity contribution in [3.8, 4) is 0 Å². The number of rotatable bonds is 9. The summed E-state index contributed by atoms with van der Waals surface area (Å²) in [6.07, 6.45) is -0.410. The largest absolute Gasteiger partial charge is 0.350 e. The fourth-order valence-electron chi connectivity index (χ4n) is 2.69. The van der Waals surface area contributed by atoms with Crippen LogP contribution in [0.1, 0.15) is 33.3 Å². The number of nitrogens with one attached hydrogen (secondary N) is 1. The first-order valence-corrected chi connectivity index (χ1v) is 9.99. The standard InChI is InChI=1S/C17H28NO5P/c1-5-21-24(19,22-6-2)16(15-13-20-17(3,4)23-15)18-12-14-10-8-7-9-11-14/h7-11,15-16,18H,5-6,12-13H2,1-4H3/t15-,16+/m1/s1. The van der Waals surface area contributed by atoms with Crippen molar-refractivity contribution in [1.29, 1.82) is 0 Å². The Labute approximate surface area is 144 Å². The zero-order valence-corrected chi connectivity index (χ0v) is 15.8. The molecule has 1 heterocycles. The predicted molar refractivity (Wildman–Crippen MR) is 92.8 cm³/mol. The van der Waals surface area contributed by atoms with Crippen LogP contribution >= 0.6 is 7.60 Å². The second-order valence-electron chi connectivity index (χ2n) is 6.05. The topological polar surface area (TPSA) is 66.0 Å². The average Bonchev–Trinajstić information content (AvgIpc) is 2.89. The molecule has 1 aliphatic rings. The second kappa shape index (κ2) is 8.56.